The smallest absolute Gasteiger partial charge is 0.410 e. The van der Waals surface area contributed by atoms with Gasteiger partial charge in [0.05, 0.1) is 17.4 Å². The highest BCUT2D eigenvalue weighted by Gasteiger charge is 2.37. The van der Waals surface area contributed by atoms with Crippen LogP contribution < -0.4 is 5.69 Å². The fourth-order valence-corrected chi connectivity index (χ4v) is 5.10. The molecule has 1 N–H and O–H groups in total. The number of rotatable bonds is 5. The number of aromatic amines is 1. The van der Waals surface area contributed by atoms with E-state index in [9.17, 15) is 14.4 Å². The number of carbonyl (C=O) groups is 2. The Kier molecular flexibility index (Phi) is 7.60. The van der Waals surface area contributed by atoms with Gasteiger partial charge < -0.3 is 19.5 Å². The molecule has 2 heterocycles. The lowest BCUT2D eigenvalue weighted by molar-refractivity contribution is 0.00429. The first-order chi connectivity index (χ1) is 19.2. The van der Waals surface area contributed by atoms with Gasteiger partial charge in [-0.2, -0.15) is 0 Å². The number of benzene rings is 3. The molecule has 1 saturated heterocycles. The van der Waals surface area contributed by atoms with Crippen LogP contribution in [0.2, 0.25) is 0 Å². The van der Waals surface area contributed by atoms with Crippen molar-refractivity contribution in [3.05, 3.63) is 113 Å². The molecule has 1 aliphatic rings. The van der Waals surface area contributed by atoms with E-state index in [-0.39, 0.29) is 23.3 Å². The number of para-hydroxylation sites is 1. The van der Waals surface area contributed by atoms with Crippen LogP contribution in [0.1, 0.15) is 36.8 Å². The zero-order chi connectivity index (χ0) is 28.3. The van der Waals surface area contributed by atoms with Gasteiger partial charge in [0, 0.05) is 25.2 Å². The molecule has 4 aromatic rings. The molecule has 0 aliphatic carbocycles. The number of hydrogen-bond donors (Lipinski definition) is 1. The lowest BCUT2D eigenvalue weighted by atomic mass is 10.0. The standard InChI is InChI=1S/C32H34N4O4/c1-32(2,3)40-31(39)34-19-20-35(26(22-34)21-23-13-7-4-8-14-23)29(37)27-28(24-15-9-5-10-16-24)36(30(38)33-27)25-17-11-6-12-18-25/h4-18,26H,19-22H2,1-3H3,(H,33,38)/t26-/m1/s1. The van der Waals surface area contributed by atoms with E-state index in [0.29, 0.717) is 37.4 Å². The summed E-state index contributed by atoms with van der Waals surface area (Å²) in [6.45, 7) is 6.47. The molecule has 0 unspecified atom stereocenters. The third kappa shape index (κ3) is 5.86. The molecule has 206 valence electrons. The maximum Gasteiger partial charge on any atom is 0.410 e. The summed E-state index contributed by atoms with van der Waals surface area (Å²) in [7, 11) is 0. The van der Waals surface area contributed by atoms with Gasteiger partial charge in [0.1, 0.15) is 11.3 Å². The van der Waals surface area contributed by atoms with Crippen LogP contribution in [0.5, 0.6) is 0 Å². The number of piperazine rings is 1. The summed E-state index contributed by atoms with van der Waals surface area (Å²) in [5, 5.41) is 0. The highest BCUT2D eigenvalue weighted by molar-refractivity contribution is 5.99. The van der Waals surface area contributed by atoms with E-state index in [1.807, 2.05) is 112 Å². The summed E-state index contributed by atoms with van der Waals surface area (Å²) in [5.74, 6) is -0.282. The van der Waals surface area contributed by atoms with E-state index >= 15 is 0 Å². The average Bonchev–Trinajstić information content (AvgIpc) is 3.30. The Morgan fingerprint density at radius 3 is 2.10 bits per heavy atom. The number of nitrogens with zero attached hydrogens (tertiary/aromatic N) is 3. The van der Waals surface area contributed by atoms with Gasteiger partial charge in [0.15, 0.2) is 0 Å². The predicted octanol–water partition coefficient (Wildman–Crippen LogP) is 5.14. The van der Waals surface area contributed by atoms with Crippen LogP contribution in [0.15, 0.2) is 95.8 Å². The monoisotopic (exact) mass is 538 g/mol. The van der Waals surface area contributed by atoms with Crippen molar-refractivity contribution in [2.75, 3.05) is 19.6 Å². The van der Waals surface area contributed by atoms with E-state index in [1.165, 1.54) is 0 Å². The molecule has 5 rings (SSSR count). The Morgan fingerprint density at radius 1 is 0.875 bits per heavy atom. The van der Waals surface area contributed by atoms with Gasteiger partial charge in [0.2, 0.25) is 0 Å². The summed E-state index contributed by atoms with van der Waals surface area (Å²) in [6, 6.07) is 28.3. The summed E-state index contributed by atoms with van der Waals surface area (Å²) in [4.78, 5) is 46.9. The summed E-state index contributed by atoms with van der Waals surface area (Å²) < 4.78 is 7.18. The first-order valence-corrected chi connectivity index (χ1v) is 13.5. The molecule has 0 spiro atoms. The zero-order valence-corrected chi connectivity index (χ0v) is 23.0. The highest BCUT2D eigenvalue weighted by Crippen LogP contribution is 2.28. The van der Waals surface area contributed by atoms with Crippen molar-refractivity contribution in [1.82, 2.24) is 19.4 Å². The van der Waals surface area contributed by atoms with Crippen LogP contribution >= 0.6 is 0 Å². The first-order valence-electron chi connectivity index (χ1n) is 13.5. The molecule has 1 atom stereocenters. The van der Waals surface area contributed by atoms with Crippen LogP contribution in [-0.4, -0.2) is 62.6 Å². The van der Waals surface area contributed by atoms with Crippen LogP contribution in [0.4, 0.5) is 4.79 Å². The number of nitrogens with one attached hydrogen (secondary N) is 1. The number of amides is 2. The molecule has 1 aliphatic heterocycles. The minimum atomic E-state index is -0.622. The summed E-state index contributed by atoms with van der Waals surface area (Å²) in [6.07, 6.45) is 0.155. The van der Waals surface area contributed by atoms with Gasteiger partial charge in [-0.3, -0.25) is 9.36 Å². The Labute approximate surface area is 233 Å². The van der Waals surface area contributed by atoms with Crippen molar-refractivity contribution in [3.8, 4) is 16.9 Å². The zero-order valence-electron chi connectivity index (χ0n) is 23.0. The van der Waals surface area contributed by atoms with Crippen LogP contribution in [0.3, 0.4) is 0 Å². The molecule has 1 aromatic heterocycles. The van der Waals surface area contributed by atoms with E-state index < -0.39 is 11.7 Å². The first kappa shape index (κ1) is 27.0. The SMILES string of the molecule is CC(C)(C)OC(=O)N1CCN(C(=O)c2[nH]c(=O)n(-c3ccccc3)c2-c2ccccc2)[C@H](Cc2ccccc2)C1. The van der Waals surface area contributed by atoms with Gasteiger partial charge in [-0.1, -0.05) is 78.9 Å². The quantitative estimate of drug-likeness (QED) is 0.381. The number of carbonyl (C=O) groups excluding carboxylic acids is 2. The maximum absolute atomic E-state index is 14.3. The van der Waals surface area contributed by atoms with Crippen molar-refractivity contribution in [2.24, 2.45) is 0 Å². The van der Waals surface area contributed by atoms with Crippen LogP contribution in [0.25, 0.3) is 16.9 Å². The number of hydrogen-bond acceptors (Lipinski definition) is 4. The Balaban J connectivity index is 1.54. The second-order valence-corrected chi connectivity index (χ2v) is 11.0. The lowest BCUT2D eigenvalue weighted by Crippen LogP contribution is -2.58. The van der Waals surface area contributed by atoms with Crippen molar-refractivity contribution < 1.29 is 14.3 Å². The lowest BCUT2D eigenvalue weighted by Gasteiger charge is -2.41. The molecule has 8 heteroatoms. The molecule has 0 bridgehead atoms. The van der Waals surface area contributed by atoms with Crippen LogP contribution in [-0.2, 0) is 11.2 Å². The summed E-state index contributed by atoms with van der Waals surface area (Å²) >= 11 is 0. The Morgan fingerprint density at radius 2 is 1.48 bits per heavy atom. The molecule has 8 nitrogen and oxygen atoms in total. The maximum atomic E-state index is 14.3. The van der Waals surface area contributed by atoms with E-state index in [0.717, 1.165) is 11.1 Å². The number of H-pyrrole nitrogens is 1. The Hall–Kier alpha value is -4.59. The normalized spacial score (nSPS) is 15.6. The van der Waals surface area contributed by atoms with Crippen molar-refractivity contribution in [1.29, 1.82) is 0 Å². The second-order valence-electron chi connectivity index (χ2n) is 11.0. The molecule has 0 radical (unpaired) electrons. The fraction of sp³-hybridized carbons (Fsp3) is 0.281. The minimum absolute atomic E-state index is 0.226. The molecular formula is C32H34N4O4. The Bertz CT molecular complexity index is 1520. The summed E-state index contributed by atoms with van der Waals surface area (Å²) in [5.41, 5.74) is 2.19. The van der Waals surface area contributed by atoms with Crippen molar-refractivity contribution in [3.63, 3.8) is 0 Å². The van der Waals surface area contributed by atoms with E-state index in [4.69, 9.17) is 4.74 Å². The topological polar surface area (TPSA) is 87.6 Å². The van der Waals surface area contributed by atoms with Crippen molar-refractivity contribution >= 4 is 12.0 Å². The van der Waals surface area contributed by atoms with Gasteiger partial charge in [-0.05, 0) is 44.9 Å². The second kappa shape index (κ2) is 11.3. The van der Waals surface area contributed by atoms with E-state index in [2.05, 4.69) is 4.98 Å². The number of aromatic nitrogens is 2. The van der Waals surface area contributed by atoms with Gasteiger partial charge in [0.25, 0.3) is 5.91 Å². The van der Waals surface area contributed by atoms with Gasteiger partial charge in [-0.15, -0.1) is 0 Å². The predicted molar refractivity (Wildman–Crippen MR) is 155 cm³/mol. The average molecular weight is 539 g/mol. The molecule has 40 heavy (non-hydrogen) atoms. The largest absolute Gasteiger partial charge is 0.444 e. The van der Waals surface area contributed by atoms with Crippen LogP contribution in [0, 0.1) is 0 Å². The van der Waals surface area contributed by atoms with Gasteiger partial charge >= 0.3 is 11.8 Å². The molecule has 2 amide bonds. The molecule has 3 aromatic carbocycles. The third-order valence-electron chi connectivity index (χ3n) is 6.88. The van der Waals surface area contributed by atoms with Gasteiger partial charge in [-0.25, -0.2) is 9.59 Å². The number of imidazole rings is 1. The van der Waals surface area contributed by atoms with E-state index in [1.54, 1.807) is 14.4 Å². The number of ether oxygens (including phenoxy) is 1. The molecule has 1 fully saturated rings. The van der Waals surface area contributed by atoms with Crippen molar-refractivity contribution in [2.45, 2.75) is 38.8 Å². The minimum Gasteiger partial charge on any atom is -0.444 e. The third-order valence-corrected chi connectivity index (χ3v) is 6.88. The molecule has 0 saturated carbocycles. The molecular weight excluding hydrogens is 504 g/mol. The highest BCUT2D eigenvalue weighted by atomic mass is 16.6. The fourth-order valence-electron chi connectivity index (χ4n) is 5.10.